The van der Waals surface area contributed by atoms with Gasteiger partial charge in [0, 0.05) is 89.9 Å². The molecule has 55 heavy (non-hydrogen) atoms. The second kappa shape index (κ2) is 10.2. The lowest BCUT2D eigenvalue weighted by Crippen LogP contribution is -2.56. The van der Waals surface area contributed by atoms with Crippen molar-refractivity contribution in [3.63, 3.8) is 0 Å². The quantitative estimate of drug-likeness (QED) is 0.153. The summed E-state index contributed by atoms with van der Waals surface area (Å²) in [5.74, 6) is 0. The number of fused-ring (bicyclic) bond motifs is 17. The highest BCUT2D eigenvalue weighted by Crippen LogP contribution is 2.50. The predicted octanol–water partition coefficient (Wildman–Crippen LogP) is 13.3. The van der Waals surface area contributed by atoms with Crippen molar-refractivity contribution in [3.05, 3.63) is 164 Å². The van der Waals surface area contributed by atoms with Gasteiger partial charge in [0.2, 0.25) is 0 Å². The molecule has 0 radical (unpaired) electrons. The molecule has 0 unspecified atom stereocenters. The molecule has 0 amide bonds. The number of thiophene rings is 2. The molecule has 12 aromatic rings. The van der Waals surface area contributed by atoms with Gasteiger partial charge in [0.1, 0.15) is 0 Å². The molecule has 2 nitrogen and oxygen atoms in total. The van der Waals surface area contributed by atoms with Gasteiger partial charge in [-0.3, -0.25) is 0 Å². The second-order valence-corrected chi connectivity index (χ2v) is 17.4. The van der Waals surface area contributed by atoms with Gasteiger partial charge >= 0.3 is 6.85 Å². The second-order valence-electron chi connectivity index (χ2n) is 15.2. The molecule has 5 heteroatoms. The molecule has 0 spiro atoms. The van der Waals surface area contributed by atoms with Crippen LogP contribution in [0.4, 0.5) is 17.1 Å². The molecule has 14 rings (SSSR count). The Morgan fingerprint density at radius 3 is 1.89 bits per heavy atom. The first-order chi connectivity index (χ1) is 27.3. The summed E-state index contributed by atoms with van der Waals surface area (Å²) in [4.78, 5) is 2.62. The van der Waals surface area contributed by atoms with Crippen molar-refractivity contribution in [2.24, 2.45) is 0 Å². The normalized spacial score (nSPS) is 13.4. The average Bonchev–Trinajstić information content (AvgIpc) is 3.91. The monoisotopic (exact) mass is 730 g/mol. The van der Waals surface area contributed by atoms with E-state index in [1.165, 1.54) is 123 Å². The lowest BCUT2D eigenvalue weighted by atomic mass is 9.44. The number of para-hydroxylation sites is 1. The lowest BCUT2D eigenvalue weighted by Gasteiger charge is -2.41. The summed E-state index contributed by atoms with van der Waals surface area (Å²) in [5.41, 5.74) is 11.7. The predicted molar refractivity (Wildman–Crippen MR) is 241 cm³/mol. The fraction of sp³-hybridized carbons (Fsp3) is 0. The fourth-order valence-electron chi connectivity index (χ4n) is 10.3. The van der Waals surface area contributed by atoms with Gasteiger partial charge in [0.15, 0.2) is 0 Å². The zero-order valence-electron chi connectivity index (χ0n) is 29.4. The van der Waals surface area contributed by atoms with Gasteiger partial charge in [-0.2, -0.15) is 0 Å². The maximum atomic E-state index is 2.73. The van der Waals surface area contributed by atoms with Crippen molar-refractivity contribution in [2.75, 3.05) is 4.90 Å². The average molecular weight is 731 g/mol. The summed E-state index contributed by atoms with van der Waals surface area (Å²) < 4.78 is 8.04. The number of benzene rings is 9. The first-order valence-electron chi connectivity index (χ1n) is 19.0. The number of hydrogen-bond donors (Lipinski definition) is 0. The Balaban J connectivity index is 1.21. The van der Waals surface area contributed by atoms with Crippen LogP contribution in [0.5, 0.6) is 0 Å². The van der Waals surface area contributed by atoms with E-state index < -0.39 is 0 Å². The van der Waals surface area contributed by atoms with Gasteiger partial charge in [0.05, 0.1) is 5.69 Å². The largest absolute Gasteiger partial charge is 0.375 e. The van der Waals surface area contributed by atoms with Gasteiger partial charge in [-0.1, -0.05) is 115 Å². The van der Waals surface area contributed by atoms with Crippen LogP contribution in [-0.4, -0.2) is 11.3 Å². The van der Waals surface area contributed by atoms with Crippen LogP contribution >= 0.6 is 22.7 Å². The van der Waals surface area contributed by atoms with Crippen LogP contribution in [0.3, 0.4) is 0 Å². The van der Waals surface area contributed by atoms with Crippen LogP contribution in [0.2, 0.25) is 0 Å². The molecule has 2 aliphatic rings. The Morgan fingerprint density at radius 2 is 1.05 bits per heavy atom. The SMILES string of the molecule is c1ccc2c3c4c(cc2c1)-c1cccc2c5ccc6ccccc6c5n(c12)B4c1cc2sc4ccccc4c2cc1N3c1ccc2sc3ccccc3c2c1. The molecule has 0 fully saturated rings. The van der Waals surface area contributed by atoms with Crippen molar-refractivity contribution in [2.45, 2.75) is 0 Å². The van der Waals surface area contributed by atoms with Gasteiger partial charge in [-0.05, 0) is 75.8 Å². The van der Waals surface area contributed by atoms with Crippen LogP contribution in [0, 0.1) is 0 Å². The van der Waals surface area contributed by atoms with Gasteiger partial charge < -0.3 is 9.38 Å². The van der Waals surface area contributed by atoms with Crippen LogP contribution in [0.25, 0.3) is 94.8 Å². The fourth-order valence-corrected chi connectivity index (χ4v) is 12.5. The van der Waals surface area contributed by atoms with Crippen LogP contribution in [0.15, 0.2) is 164 Å². The van der Waals surface area contributed by atoms with Crippen molar-refractivity contribution in [1.29, 1.82) is 0 Å². The Hall–Kier alpha value is -6.40. The molecular formula is C50H27BN2S2. The molecule has 2 aliphatic heterocycles. The van der Waals surface area contributed by atoms with E-state index in [-0.39, 0.29) is 6.85 Å². The maximum Gasteiger partial charge on any atom is 0.333 e. The molecule has 0 bridgehead atoms. The molecule has 3 aromatic heterocycles. The summed E-state index contributed by atoms with van der Waals surface area (Å²) in [6, 6.07) is 62.1. The third kappa shape index (κ3) is 3.61. The van der Waals surface area contributed by atoms with Crippen molar-refractivity contribution >= 4 is 141 Å². The zero-order chi connectivity index (χ0) is 35.5. The van der Waals surface area contributed by atoms with Gasteiger partial charge in [0.25, 0.3) is 0 Å². The van der Waals surface area contributed by atoms with E-state index in [0.29, 0.717) is 0 Å². The number of rotatable bonds is 1. The van der Waals surface area contributed by atoms with Gasteiger partial charge in [-0.25, -0.2) is 0 Å². The van der Waals surface area contributed by atoms with Crippen molar-refractivity contribution in [1.82, 2.24) is 4.48 Å². The van der Waals surface area contributed by atoms with E-state index >= 15 is 0 Å². The van der Waals surface area contributed by atoms with Crippen LogP contribution in [-0.2, 0) is 0 Å². The van der Waals surface area contributed by atoms with Crippen molar-refractivity contribution < 1.29 is 0 Å². The smallest absolute Gasteiger partial charge is 0.333 e. The Kier molecular flexibility index (Phi) is 5.39. The summed E-state index contributed by atoms with van der Waals surface area (Å²) in [5, 5.41) is 13.0. The number of nitrogens with zero attached hydrogens (tertiary/aromatic N) is 2. The lowest BCUT2D eigenvalue weighted by molar-refractivity contribution is 1.28. The Bertz CT molecular complexity index is 3700. The molecule has 0 atom stereocenters. The number of anilines is 3. The molecule has 0 saturated heterocycles. The first-order valence-corrected chi connectivity index (χ1v) is 20.6. The Labute approximate surface area is 323 Å². The minimum absolute atomic E-state index is 0.0260. The summed E-state index contributed by atoms with van der Waals surface area (Å²) in [7, 11) is 0. The Morgan fingerprint density at radius 1 is 0.400 bits per heavy atom. The number of aromatic nitrogens is 1. The molecule has 0 saturated carbocycles. The summed E-state index contributed by atoms with van der Waals surface area (Å²) in [6.45, 7) is -0.0260. The molecule has 0 aliphatic carbocycles. The van der Waals surface area contributed by atoms with Gasteiger partial charge in [-0.15, -0.1) is 22.7 Å². The highest BCUT2D eigenvalue weighted by atomic mass is 32.1. The van der Waals surface area contributed by atoms with E-state index in [2.05, 4.69) is 173 Å². The van der Waals surface area contributed by atoms with E-state index in [9.17, 15) is 0 Å². The highest BCUT2D eigenvalue weighted by Gasteiger charge is 2.44. The maximum absolute atomic E-state index is 2.73. The van der Waals surface area contributed by atoms with E-state index in [4.69, 9.17) is 0 Å². The number of hydrogen-bond acceptors (Lipinski definition) is 3. The molecule has 5 heterocycles. The minimum Gasteiger partial charge on any atom is -0.375 e. The third-order valence-electron chi connectivity index (χ3n) is 12.5. The van der Waals surface area contributed by atoms with E-state index in [0.717, 1.165) is 0 Å². The van der Waals surface area contributed by atoms with Crippen LogP contribution < -0.4 is 15.8 Å². The molecule has 252 valence electrons. The molecule has 0 N–H and O–H groups in total. The standard InChI is InChI=1S/C50H27BN2S2/c1-3-12-31-28(10-1)20-22-37-35-16-9-17-36-40-24-29-11-2-4-13-32(29)50-47(40)51(53(48(31)37)49(35)36)41-27-46-39(34-15-6-8-19-44(34)55-46)26-42(41)52(50)30-21-23-45-38(25-30)33-14-5-7-18-43(33)54-45/h1-27H. The van der Waals surface area contributed by atoms with Crippen molar-refractivity contribution in [3.8, 4) is 11.1 Å². The minimum atomic E-state index is -0.0260. The van der Waals surface area contributed by atoms with Crippen LogP contribution in [0.1, 0.15) is 0 Å². The summed E-state index contributed by atoms with van der Waals surface area (Å²) >= 11 is 3.80. The zero-order valence-corrected chi connectivity index (χ0v) is 31.0. The van der Waals surface area contributed by atoms with E-state index in [1.807, 2.05) is 22.7 Å². The third-order valence-corrected chi connectivity index (χ3v) is 14.8. The first kappa shape index (κ1) is 29.0. The summed E-state index contributed by atoms with van der Waals surface area (Å²) in [6.07, 6.45) is 0. The molecular weight excluding hydrogens is 704 g/mol. The highest BCUT2D eigenvalue weighted by molar-refractivity contribution is 7.26. The van der Waals surface area contributed by atoms with E-state index in [1.54, 1.807) is 0 Å². The topological polar surface area (TPSA) is 8.17 Å². The molecule has 9 aromatic carbocycles.